The van der Waals surface area contributed by atoms with Crippen LogP contribution in [0.5, 0.6) is 0 Å². The zero-order valence-electron chi connectivity index (χ0n) is 12.6. The summed E-state index contributed by atoms with van der Waals surface area (Å²) in [5, 5.41) is 13.5. The molecule has 0 unspecified atom stereocenters. The molecule has 0 aliphatic rings. The molecule has 0 aromatic carbocycles. The van der Waals surface area contributed by atoms with E-state index < -0.39 is 5.56 Å². The second-order valence-electron chi connectivity index (χ2n) is 5.40. The molecule has 0 amide bonds. The van der Waals surface area contributed by atoms with Crippen LogP contribution >= 0.6 is 0 Å². The zero-order valence-corrected chi connectivity index (χ0v) is 12.6. The fraction of sp³-hybridized carbons (Fsp3) is 0.250. The summed E-state index contributed by atoms with van der Waals surface area (Å²) in [7, 11) is 0. The Morgan fingerprint density at radius 1 is 1.35 bits per heavy atom. The van der Waals surface area contributed by atoms with Crippen LogP contribution in [-0.4, -0.2) is 19.3 Å². The third-order valence-electron chi connectivity index (χ3n) is 3.65. The summed E-state index contributed by atoms with van der Waals surface area (Å²) in [4.78, 5) is 26.6. The molecule has 0 fully saturated rings. The molecule has 0 atom stereocenters. The lowest BCUT2D eigenvalue weighted by molar-refractivity contribution is 0.521. The third kappa shape index (κ3) is 2.92. The molecule has 0 saturated carbocycles. The first-order valence-electron chi connectivity index (χ1n) is 7.24. The monoisotopic (exact) mass is 309 g/mol. The van der Waals surface area contributed by atoms with Crippen LogP contribution in [0.1, 0.15) is 17.5 Å². The standard InChI is InChI=1S/C16H15N5O2/c1-11-9-18-21(10-11)5-2-4-20-6-3-14-13(16(20)23)7-12(8-17)15(22)19-14/h3,6-7,9-10H,2,4-5H2,1H3,(H,19,22). The van der Waals surface area contributed by atoms with E-state index in [-0.39, 0.29) is 11.1 Å². The molecule has 0 saturated heterocycles. The summed E-state index contributed by atoms with van der Waals surface area (Å²) in [5.41, 5.74) is 0.788. The maximum absolute atomic E-state index is 12.5. The summed E-state index contributed by atoms with van der Waals surface area (Å²) in [6.07, 6.45) is 6.15. The molecule has 3 heterocycles. The van der Waals surface area contributed by atoms with E-state index in [9.17, 15) is 9.59 Å². The Labute approximate surface area is 131 Å². The summed E-state index contributed by atoms with van der Waals surface area (Å²) >= 11 is 0. The van der Waals surface area contributed by atoms with Gasteiger partial charge < -0.3 is 9.55 Å². The van der Waals surface area contributed by atoms with Crippen molar-refractivity contribution in [1.29, 1.82) is 5.26 Å². The smallest absolute Gasteiger partial charge is 0.266 e. The molecule has 0 aliphatic carbocycles. The Morgan fingerprint density at radius 2 is 2.17 bits per heavy atom. The van der Waals surface area contributed by atoms with Gasteiger partial charge in [-0.05, 0) is 31.0 Å². The van der Waals surface area contributed by atoms with Crippen molar-refractivity contribution in [2.45, 2.75) is 26.4 Å². The van der Waals surface area contributed by atoms with Gasteiger partial charge in [-0.3, -0.25) is 14.3 Å². The molecule has 7 nitrogen and oxygen atoms in total. The summed E-state index contributed by atoms with van der Waals surface area (Å²) < 4.78 is 3.42. The van der Waals surface area contributed by atoms with Crippen molar-refractivity contribution in [3.8, 4) is 6.07 Å². The topological polar surface area (TPSA) is 96.5 Å². The number of rotatable bonds is 4. The number of nitrogens with one attached hydrogen (secondary N) is 1. The first kappa shape index (κ1) is 14.8. The molecule has 3 aromatic heterocycles. The number of aromatic amines is 1. The highest BCUT2D eigenvalue weighted by atomic mass is 16.1. The number of aromatic nitrogens is 4. The van der Waals surface area contributed by atoms with E-state index in [0.29, 0.717) is 24.0 Å². The van der Waals surface area contributed by atoms with Gasteiger partial charge in [0.2, 0.25) is 0 Å². The second-order valence-corrected chi connectivity index (χ2v) is 5.40. The van der Waals surface area contributed by atoms with Crippen molar-refractivity contribution >= 4 is 10.9 Å². The van der Waals surface area contributed by atoms with E-state index in [2.05, 4.69) is 10.1 Å². The lowest BCUT2D eigenvalue weighted by Crippen LogP contribution is -2.22. The maximum Gasteiger partial charge on any atom is 0.266 e. The quantitative estimate of drug-likeness (QED) is 0.782. The van der Waals surface area contributed by atoms with Crippen LogP contribution in [-0.2, 0) is 13.1 Å². The van der Waals surface area contributed by atoms with Gasteiger partial charge in [0.1, 0.15) is 11.6 Å². The van der Waals surface area contributed by atoms with Crippen molar-refractivity contribution in [2.24, 2.45) is 0 Å². The van der Waals surface area contributed by atoms with Gasteiger partial charge in [0.05, 0.1) is 17.1 Å². The van der Waals surface area contributed by atoms with Crippen LogP contribution in [0.25, 0.3) is 10.9 Å². The Kier molecular flexibility index (Phi) is 3.81. The predicted molar refractivity (Wildman–Crippen MR) is 85.1 cm³/mol. The van der Waals surface area contributed by atoms with E-state index in [1.165, 1.54) is 6.07 Å². The molecule has 7 heteroatoms. The van der Waals surface area contributed by atoms with E-state index in [1.807, 2.05) is 17.8 Å². The van der Waals surface area contributed by atoms with Gasteiger partial charge in [-0.2, -0.15) is 10.4 Å². The van der Waals surface area contributed by atoms with Crippen LogP contribution in [0.4, 0.5) is 0 Å². The van der Waals surface area contributed by atoms with Gasteiger partial charge in [-0.15, -0.1) is 0 Å². The van der Waals surface area contributed by atoms with Crippen molar-refractivity contribution in [2.75, 3.05) is 0 Å². The first-order chi connectivity index (χ1) is 11.1. The molecule has 116 valence electrons. The van der Waals surface area contributed by atoms with E-state index in [4.69, 9.17) is 5.26 Å². The molecule has 0 bridgehead atoms. The summed E-state index contributed by atoms with van der Waals surface area (Å²) in [6, 6.07) is 4.83. The maximum atomic E-state index is 12.5. The van der Waals surface area contributed by atoms with Gasteiger partial charge in [-0.1, -0.05) is 0 Å². The Hall–Kier alpha value is -3.14. The number of aryl methyl sites for hydroxylation is 3. The molecule has 23 heavy (non-hydrogen) atoms. The minimum Gasteiger partial charge on any atom is -0.321 e. The Balaban J connectivity index is 1.85. The summed E-state index contributed by atoms with van der Waals surface area (Å²) in [5.74, 6) is 0. The van der Waals surface area contributed by atoms with Crippen molar-refractivity contribution in [3.63, 3.8) is 0 Å². The third-order valence-corrected chi connectivity index (χ3v) is 3.65. The number of hydrogen-bond acceptors (Lipinski definition) is 4. The second kappa shape index (κ2) is 5.93. The SMILES string of the molecule is Cc1cnn(CCCn2ccc3[nH]c(=O)c(C#N)cc3c2=O)c1. The van der Waals surface area contributed by atoms with Crippen molar-refractivity contribution < 1.29 is 0 Å². The molecular formula is C16H15N5O2. The van der Waals surface area contributed by atoms with E-state index in [1.54, 1.807) is 29.1 Å². The highest BCUT2D eigenvalue weighted by Crippen LogP contribution is 2.06. The molecule has 0 aliphatic heterocycles. The average Bonchev–Trinajstić information content (AvgIpc) is 2.95. The number of pyridine rings is 2. The number of nitriles is 1. The Morgan fingerprint density at radius 3 is 2.87 bits per heavy atom. The van der Waals surface area contributed by atoms with Crippen LogP contribution in [0.2, 0.25) is 0 Å². The summed E-state index contributed by atoms with van der Waals surface area (Å²) in [6.45, 7) is 3.23. The first-order valence-corrected chi connectivity index (χ1v) is 7.24. The van der Waals surface area contributed by atoms with Crippen LogP contribution in [0, 0.1) is 18.3 Å². The largest absolute Gasteiger partial charge is 0.321 e. The van der Waals surface area contributed by atoms with Gasteiger partial charge >= 0.3 is 0 Å². The van der Waals surface area contributed by atoms with Crippen LogP contribution < -0.4 is 11.1 Å². The predicted octanol–water partition coefficient (Wildman–Crippen LogP) is 1.16. The van der Waals surface area contributed by atoms with Gasteiger partial charge in [0, 0.05) is 25.5 Å². The molecule has 0 spiro atoms. The number of fused-ring (bicyclic) bond motifs is 1. The fourth-order valence-corrected chi connectivity index (χ4v) is 2.49. The number of nitrogens with zero attached hydrogens (tertiary/aromatic N) is 4. The van der Waals surface area contributed by atoms with Crippen LogP contribution in [0.15, 0.2) is 40.3 Å². The molecule has 3 aromatic rings. The van der Waals surface area contributed by atoms with Gasteiger partial charge in [0.15, 0.2) is 0 Å². The van der Waals surface area contributed by atoms with Gasteiger partial charge in [0.25, 0.3) is 11.1 Å². The molecular weight excluding hydrogens is 294 g/mol. The molecule has 0 radical (unpaired) electrons. The number of hydrogen-bond donors (Lipinski definition) is 1. The Bertz CT molecular complexity index is 1020. The minimum absolute atomic E-state index is 0.0561. The van der Waals surface area contributed by atoms with Crippen LogP contribution in [0.3, 0.4) is 0 Å². The fourth-order valence-electron chi connectivity index (χ4n) is 2.49. The molecule has 1 N–H and O–H groups in total. The molecule has 3 rings (SSSR count). The van der Waals surface area contributed by atoms with E-state index >= 15 is 0 Å². The lowest BCUT2D eigenvalue weighted by Gasteiger charge is -2.07. The average molecular weight is 309 g/mol. The zero-order chi connectivity index (χ0) is 16.4. The highest BCUT2D eigenvalue weighted by molar-refractivity contribution is 5.78. The van der Waals surface area contributed by atoms with E-state index in [0.717, 1.165) is 12.0 Å². The van der Waals surface area contributed by atoms with Gasteiger partial charge in [-0.25, -0.2) is 0 Å². The lowest BCUT2D eigenvalue weighted by atomic mass is 10.2. The van der Waals surface area contributed by atoms with Crippen molar-refractivity contribution in [1.82, 2.24) is 19.3 Å². The normalized spacial score (nSPS) is 10.8. The number of H-pyrrole nitrogens is 1. The van der Waals surface area contributed by atoms with Crippen molar-refractivity contribution in [3.05, 3.63) is 62.6 Å². The minimum atomic E-state index is -0.480. The highest BCUT2D eigenvalue weighted by Gasteiger charge is 2.07.